The average Bonchev–Trinajstić information content (AvgIpc) is 2.96. The number of nitrogens with zero attached hydrogens (tertiary/aromatic N) is 6. The summed E-state index contributed by atoms with van der Waals surface area (Å²) in [6.07, 6.45) is 6.82. The minimum absolute atomic E-state index is 0.0459. The number of carbonyl (C=O) groups excluding carboxylic acids is 2. The average molecular weight is 383 g/mol. The zero-order valence-electron chi connectivity index (χ0n) is 16.4. The van der Waals surface area contributed by atoms with Crippen LogP contribution in [-0.2, 0) is 4.79 Å². The number of aromatic nitrogens is 2. The Morgan fingerprint density at radius 1 is 1.39 bits per heavy atom. The van der Waals surface area contributed by atoms with Crippen molar-refractivity contribution < 1.29 is 9.59 Å². The molecule has 28 heavy (non-hydrogen) atoms. The summed E-state index contributed by atoms with van der Waals surface area (Å²) in [5.74, 6) is 0.468. The molecule has 1 aromatic heterocycles. The van der Waals surface area contributed by atoms with Gasteiger partial charge in [-0.2, -0.15) is 5.26 Å². The molecule has 2 atom stereocenters. The van der Waals surface area contributed by atoms with Crippen LogP contribution < -0.4 is 10.2 Å². The van der Waals surface area contributed by atoms with E-state index in [1.165, 1.54) is 4.90 Å². The van der Waals surface area contributed by atoms with Crippen LogP contribution in [0.3, 0.4) is 0 Å². The summed E-state index contributed by atoms with van der Waals surface area (Å²) in [6.45, 7) is 2.97. The van der Waals surface area contributed by atoms with E-state index in [1.54, 1.807) is 17.3 Å². The van der Waals surface area contributed by atoms with Crippen molar-refractivity contribution in [3.63, 3.8) is 0 Å². The van der Waals surface area contributed by atoms with Crippen molar-refractivity contribution in [2.45, 2.75) is 31.8 Å². The van der Waals surface area contributed by atoms with Gasteiger partial charge in [-0.25, -0.2) is 14.8 Å². The molecule has 1 aromatic rings. The first-order chi connectivity index (χ1) is 13.4. The van der Waals surface area contributed by atoms with Gasteiger partial charge in [0.15, 0.2) is 0 Å². The smallest absolute Gasteiger partial charge is 0.318 e. The lowest BCUT2D eigenvalue weighted by Gasteiger charge is -2.28. The molecule has 2 aliphatic rings. The highest BCUT2D eigenvalue weighted by Crippen LogP contribution is 2.23. The second-order valence-corrected chi connectivity index (χ2v) is 7.30. The van der Waals surface area contributed by atoms with E-state index >= 15 is 0 Å². The molecule has 3 amide bonds. The summed E-state index contributed by atoms with van der Waals surface area (Å²) in [7, 11) is 3.78. The molecule has 2 unspecified atom stereocenters. The van der Waals surface area contributed by atoms with Gasteiger partial charge in [-0.15, -0.1) is 0 Å². The second-order valence-electron chi connectivity index (χ2n) is 7.30. The molecule has 0 aromatic carbocycles. The van der Waals surface area contributed by atoms with E-state index in [9.17, 15) is 9.59 Å². The Labute approximate surface area is 164 Å². The Morgan fingerprint density at radius 2 is 2.11 bits per heavy atom. The quantitative estimate of drug-likeness (QED) is 0.773. The fraction of sp³-hybridized carbons (Fsp3) is 0.526. The molecule has 0 radical (unpaired) electrons. The molecule has 3 heterocycles. The molecule has 2 aliphatic heterocycles. The number of nitrogens with one attached hydrogen (secondary N) is 1. The zero-order chi connectivity index (χ0) is 20.3. The van der Waals surface area contributed by atoms with E-state index in [4.69, 9.17) is 5.26 Å². The van der Waals surface area contributed by atoms with Crippen molar-refractivity contribution in [2.75, 3.05) is 38.6 Å². The number of hydrogen-bond acceptors (Lipinski definition) is 6. The van der Waals surface area contributed by atoms with Crippen LogP contribution in [-0.4, -0.2) is 77.5 Å². The fourth-order valence-corrected chi connectivity index (χ4v) is 3.49. The van der Waals surface area contributed by atoms with Crippen LogP contribution in [0.5, 0.6) is 0 Å². The van der Waals surface area contributed by atoms with Gasteiger partial charge in [-0.1, -0.05) is 6.08 Å². The summed E-state index contributed by atoms with van der Waals surface area (Å²) >= 11 is 0. The number of nitriles is 1. The minimum Gasteiger partial charge on any atom is -0.347 e. The van der Waals surface area contributed by atoms with Crippen LogP contribution in [0.2, 0.25) is 0 Å². The Balaban J connectivity index is 1.58. The molecular weight excluding hydrogens is 358 g/mol. The van der Waals surface area contributed by atoms with Crippen LogP contribution in [0.4, 0.5) is 10.7 Å². The van der Waals surface area contributed by atoms with Crippen molar-refractivity contribution >= 4 is 23.5 Å². The SMILES string of the molecule is CC1CC(NC(=O)N2CC=C(c3cnc(N(C)C)nc3)CC2)C(=O)N1CC#N. The maximum Gasteiger partial charge on any atom is 0.318 e. The van der Waals surface area contributed by atoms with Crippen molar-refractivity contribution in [2.24, 2.45) is 0 Å². The number of carbonyl (C=O) groups is 2. The summed E-state index contributed by atoms with van der Waals surface area (Å²) in [5.41, 5.74) is 2.07. The van der Waals surface area contributed by atoms with E-state index in [1.807, 2.05) is 38.1 Å². The first-order valence-electron chi connectivity index (χ1n) is 9.32. The Kier molecular flexibility index (Phi) is 5.78. The van der Waals surface area contributed by atoms with Crippen molar-refractivity contribution in [1.82, 2.24) is 25.1 Å². The maximum absolute atomic E-state index is 12.6. The lowest BCUT2D eigenvalue weighted by atomic mass is 10.0. The number of likely N-dealkylation sites (tertiary alicyclic amines) is 1. The number of anilines is 1. The van der Waals surface area contributed by atoms with Gasteiger partial charge in [-0.3, -0.25) is 4.79 Å². The van der Waals surface area contributed by atoms with Crippen molar-refractivity contribution in [1.29, 1.82) is 5.26 Å². The highest BCUT2D eigenvalue weighted by Gasteiger charge is 2.38. The minimum atomic E-state index is -0.562. The third-order valence-electron chi connectivity index (χ3n) is 5.13. The largest absolute Gasteiger partial charge is 0.347 e. The summed E-state index contributed by atoms with van der Waals surface area (Å²) in [4.78, 5) is 38.6. The van der Waals surface area contributed by atoms with Gasteiger partial charge < -0.3 is 20.0 Å². The molecule has 0 spiro atoms. The topological polar surface area (TPSA) is 105 Å². The summed E-state index contributed by atoms with van der Waals surface area (Å²) in [6, 6.07) is 1.14. The second kappa shape index (κ2) is 8.25. The van der Waals surface area contributed by atoms with Crippen LogP contribution in [0.15, 0.2) is 18.5 Å². The van der Waals surface area contributed by atoms with Crippen molar-refractivity contribution in [3.05, 3.63) is 24.0 Å². The summed E-state index contributed by atoms with van der Waals surface area (Å²) in [5, 5.41) is 11.7. The van der Waals surface area contributed by atoms with Gasteiger partial charge >= 0.3 is 6.03 Å². The van der Waals surface area contributed by atoms with E-state index in [0.29, 0.717) is 31.9 Å². The highest BCUT2D eigenvalue weighted by molar-refractivity contribution is 5.89. The van der Waals surface area contributed by atoms with Crippen LogP contribution in [0.25, 0.3) is 5.57 Å². The van der Waals surface area contributed by atoms with E-state index in [0.717, 1.165) is 11.1 Å². The Morgan fingerprint density at radius 3 is 2.68 bits per heavy atom. The van der Waals surface area contributed by atoms with Gasteiger partial charge in [-0.05, 0) is 25.3 Å². The Hall–Kier alpha value is -3.15. The lowest BCUT2D eigenvalue weighted by Crippen LogP contribution is -2.49. The molecule has 148 valence electrons. The molecule has 3 rings (SSSR count). The van der Waals surface area contributed by atoms with Crippen LogP contribution in [0.1, 0.15) is 25.3 Å². The molecule has 0 aliphatic carbocycles. The highest BCUT2D eigenvalue weighted by atomic mass is 16.2. The lowest BCUT2D eigenvalue weighted by molar-refractivity contribution is -0.129. The summed E-state index contributed by atoms with van der Waals surface area (Å²) < 4.78 is 0. The third kappa shape index (κ3) is 4.06. The monoisotopic (exact) mass is 383 g/mol. The molecule has 0 saturated carbocycles. The molecule has 1 fully saturated rings. The van der Waals surface area contributed by atoms with Gasteiger partial charge in [0.25, 0.3) is 0 Å². The van der Waals surface area contributed by atoms with E-state index < -0.39 is 6.04 Å². The first-order valence-corrected chi connectivity index (χ1v) is 9.32. The zero-order valence-corrected chi connectivity index (χ0v) is 16.4. The maximum atomic E-state index is 12.6. The molecule has 0 bridgehead atoms. The predicted molar refractivity (Wildman–Crippen MR) is 104 cm³/mol. The first kappa shape index (κ1) is 19.6. The molecular formula is C19H25N7O2. The molecule has 9 heteroatoms. The number of amides is 3. The van der Waals surface area contributed by atoms with Crippen molar-refractivity contribution in [3.8, 4) is 6.07 Å². The molecule has 9 nitrogen and oxygen atoms in total. The van der Waals surface area contributed by atoms with Gasteiger partial charge in [0.05, 0.1) is 6.07 Å². The van der Waals surface area contributed by atoms with Crippen LogP contribution in [0, 0.1) is 11.3 Å². The third-order valence-corrected chi connectivity index (χ3v) is 5.13. The van der Waals surface area contributed by atoms with E-state index in [2.05, 4.69) is 15.3 Å². The molecule has 1 N–H and O–H groups in total. The van der Waals surface area contributed by atoms with E-state index in [-0.39, 0.29) is 24.5 Å². The fourth-order valence-electron chi connectivity index (χ4n) is 3.49. The van der Waals surface area contributed by atoms with Gasteiger partial charge in [0, 0.05) is 51.2 Å². The van der Waals surface area contributed by atoms with Gasteiger partial charge in [0.2, 0.25) is 11.9 Å². The number of rotatable bonds is 4. The normalized spacial score (nSPS) is 21.9. The predicted octanol–water partition coefficient (Wildman–Crippen LogP) is 0.854. The standard InChI is InChI=1S/C19H25N7O2/c1-13-10-16(17(27)26(13)9-6-20)23-19(28)25-7-4-14(5-8-25)15-11-21-18(22-12-15)24(2)3/h4,11-13,16H,5,7-10H2,1-3H3,(H,23,28). The molecule has 1 saturated heterocycles. The number of hydrogen-bond donors (Lipinski definition) is 1. The number of urea groups is 1. The van der Waals surface area contributed by atoms with Crippen LogP contribution >= 0.6 is 0 Å². The Bertz CT molecular complexity index is 813. The van der Waals surface area contributed by atoms with Gasteiger partial charge in [0.1, 0.15) is 12.6 Å².